The van der Waals surface area contributed by atoms with Gasteiger partial charge in [0.15, 0.2) is 0 Å². The Morgan fingerprint density at radius 3 is 0.694 bits per heavy atom. The molecule has 0 fully saturated rings. The first-order valence-electron chi connectivity index (χ1n) is 16.9. The molecule has 0 saturated carbocycles. The van der Waals surface area contributed by atoms with Crippen molar-refractivity contribution in [2.24, 2.45) is 10.2 Å². The molecule has 0 amide bonds. The van der Waals surface area contributed by atoms with Gasteiger partial charge in [-0.15, -0.1) is 0 Å². The van der Waals surface area contributed by atoms with Gasteiger partial charge < -0.3 is 0 Å². The van der Waals surface area contributed by atoms with Crippen LogP contribution in [0.4, 0.5) is 0 Å². The zero-order chi connectivity index (χ0) is 26.0. The molecule has 214 valence electrons. The maximum Gasteiger partial charge on any atom is 0.0270 e. The molecule has 0 saturated heterocycles. The van der Waals surface area contributed by atoms with E-state index < -0.39 is 0 Å². The molecule has 0 aromatic rings. The molecule has 2 nitrogen and oxygen atoms in total. The molecule has 0 unspecified atom stereocenters. The van der Waals surface area contributed by atoms with Gasteiger partial charge in [-0.2, -0.15) is 10.2 Å². The van der Waals surface area contributed by atoms with E-state index in [1.165, 1.54) is 180 Å². The highest BCUT2D eigenvalue weighted by Crippen LogP contribution is 2.14. The highest BCUT2D eigenvalue weighted by Gasteiger charge is 1.95. The zero-order valence-corrected chi connectivity index (χ0v) is 25.3. The molecular weight excluding hydrogens is 436 g/mol. The first kappa shape index (κ1) is 35.3. The Morgan fingerprint density at radius 1 is 0.278 bits per heavy atom. The van der Waals surface area contributed by atoms with E-state index in [4.69, 9.17) is 0 Å². The number of nitrogens with zero attached hydrogens (tertiary/aromatic N) is 2. The summed E-state index contributed by atoms with van der Waals surface area (Å²) < 4.78 is 0. The summed E-state index contributed by atoms with van der Waals surface area (Å²) in [6, 6.07) is 0. The lowest BCUT2D eigenvalue weighted by atomic mass is 10.0. The predicted octanol–water partition coefficient (Wildman–Crippen LogP) is 12.8. The van der Waals surface area contributed by atoms with Crippen LogP contribution in [0.5, 0.6) is 0 Å². The third-order valence-electron chi connectivity index (χ3n) is 7.60. The van der Waals surface area contributed by atoms with Crippen LogP contribution in [0, 0.1) is 0 Å². The number of hydrogen-bond donors (Lipinski definition) is 0. The van der Waals surface area contributed by atoms with Crippen LogP contribution in [0.2, 0.25) is 0 Å². The topological polar surface area (TPSA) is 24.7 Å². The van der Waals surface area contributed by atoms with Crippen molar-refractivity contribution in [1.82, 2.24) is 0 Å². The quantitative estimate of drug-likeness (QED) is 0.0509. The predicted molar refractivity (Wildman–Crippen MR) is 167 cm³/mol. The van der Waals surface area contributed by atoms with Crippen LogP contribution in [-0.2, 0) is 0 Å². The second-order valence-electron chi connectivity index (χ2n) is 11.4. The summed E-state index contributed by atoms with van der Waals surface area (Å²) >= 11 is 0. The molecule has 0 aliphatic heterocycles. The molecule has 0 bridgehead atoms. The summed E-state index contributed by atoms with van der Waals surface area (Å²) in [6.07, 6.45) is 46.0. The maximum atomic E-state index is 4.22. The second kappa shape index (κ2) is 34.3. The molecule has 36 heavy (non-hydrogen) atoms. The van der Waals surface area contributed by atoms with Gasteiger partial charge in [0.1, 0.15) is 0 Å². The molecule has 0 rings (SSSR count). The van der Waals surface area contributed by atoms with E-state index >= 15 is 0 Å². The minimum Gasteiger partial charge on any atom is -0.164 e. The zero-order valence-electron chi connectivity index (χ0n) is 25.3. The Labute approximate surface area is 229 Å². The van der Waals surface area contributed by atoms with Crippen LogP contribution in [0.15, 0.2) is 10.2 Å². The smallest absolute Gasteiger partial charge is 0.0270 e. The molecule has 0 spiro atoms. The molecule has 0 heterocycles. The van der Waals surface area contributed by atoms with Crippen LogP contribution in [-0.4, -0.2) is 12.4 Å². The molecule has 0 atom stereocenters. The Kier molecular flexibility index (Phi) is 33.7. The van der Waals surface area contributed by atoms with E-state index in [9.17, 15) is 0 Å². The van der Waals surface area contributed by atoms with Crippen molar-refractivity contribution in [3.8, 4) is 0 Å². The summed E-state index contributed by atoms with van der Waals surface area (Å²) in [5.41, 5.74) is 0. The van der Waals surface area contributed by atoms with Gasteiger partial charge in [0.25, 0.3) is 0 Å². The highest BCUT2D eigenvalue weighted by molar-refractivity contribution is 5.61. The molecular formula is C34H68N2. The highest BCUT2D eigenvalue weighted by atomic mass is 15.2. The summed E-state index contributed by atoms with van der Waals surface area (Å²) in [6.45, 7) is 4.59. The van der Waals surface area contributed by atoms with Gasteiger partial charge in [0.05, 0.1) is 0 Å². The van der Waals surface area contributed by atoms with E-state index in [2.05, 4.69) is 24.1 Å². The SMILES string of the molecule is CCCCCCCCCCCCCCCC/C=N\N=C/CCCCCCCCCCCCCCCC. The van der Waals surface area contributed by atoms with Gasteiger partial charge in [-0.3, -0.25) is 0 Å². The minimum atomic E-state index is 1.09. The van der Waals surface area contributed by atoms with Crippen LogP contribution in [0.25, 0.3) is 0 Å². The molecule has 0 aliphatic carbocycles. The molecule has 0 N–H and O–H groups in total. The summed E-state index contributed by atoms with van der Waals surface area (Å²) in [5, 5.41) is 8.44. The molecule has 0 aromatic carbocycles. The largest absolute Gasteiger partial charge is 0.164 e. The molecule has 0 aromatic heterocycles. The van der Waals surface area contributed by atoms with Crippen molar-refractivity contribution in [3.63, 3.8) is 0 Å². The summed E-state index contributed by atoms with van der Waals surface area (Å²) in [4.78, 5) is 0. The van der Waals surface area contributed by atoms with Crippen molar-refractivity contribution in [2.45, 2.75) is 206 Å². The van der Waals surface area contributed by atoms with Crippen LogP contribution >= 0.6 is 0 Å². The standard InChI is InChI=1S/C34H68N2/c1-3-5-7-9-11-13-15-17-19-21-23-25-27-29-31-33-35-36-34-32-30-28-26-24-22-20-18-16-14-12-10-8-6-4-2/h33-34H,3-32H2,1-2H3/b35-33-,36-34-. The van der Waals surface area contributed by atoms with Crippen LogP contribution < -0.4 is 0 Å². The average Bonchev–Trinajstić information content (AvgIpc) is 2.89. The Morgan fingerprint density at radius 2 is 0.472 bits per heavy atom. The van der Waals surface area contributed by atoms with Gasteiger partial charge in [0, 0.05) is 12.4 Å². The minimum absolute atomic E-state index is 1.09. The number of unbranched alkanes of at least 4 members (excludes halogenated alkanes) is 28. The Balaban J connectivity index is 3.14. The molecule has 2 heteroatoms. The van der Waals surface area contributed by atoms with Gasteiger partial charge in [-0.05, 0) is 25.7 Å². The van der Waals surface area contributed by atoms with Crippen molar-refractivity contribution in [3.05, 3.63) is 0 Å². The van der Waals surface area contributed by atoms with Gasteiger partial charge >= 0.3 is 0 Å². The Bertz CT molecular complexity index is 389. The van der Waals surface area contributed by atoms with Crippen LogP contribution in [0.3, 0.4) is 0 Å². The second-order valence-corrected chi connectivity index (χ2v) is 11.4. The van der Waals surface area contributed by atoms with Crippen molar-refractivity contribution in [2.75, 3.05) is 0 Å². The van der Waals surface area contributed by atoms with E-state index in [-0.39, 0.29) is 0 Å². The van der Waals surface area contributed by atoms with Gasteiger partial charge in [-0.25, -0.2) is 0 Å². The number of hydrogen-bond acceptors (Lipinski definition) is 2. The van der Waals surface area contributed by atoms with Gasteiger partial charge in [-0.1, -0.05) is 181 Å². The maximum absolute atomic E-state index is 4.22. The van der Waals surface area contributed by atoms with E-state index in [0.717, 1.165) is 12.8 Å². The monoisotopic (exact) mass is 505 g/mol. The van der Waals surface area contributed by atoms with Crippen molar-refractivity contribution in [1.29, 1.82) is 0 Å². The first-order chi connectivity index (χ1) is 17.9. The fraction of sp³-hybridized carbons (Fsp3) is 0.941. The lowest BCUT2D eigenvalue weighted by Gasteiger charge is -2.02. The van der Waals surface area contributed by atoms with Crippen LogP contribution in [0.1, 0.15) is 206 Å². The summed E-state index contributed by atoms with van der Waals surface area (Å²) in [5.74, 6) is 0. The lowest BCUT2D eigenvalue weighted by molar-refractivity contribution is 0.537. The summed E-state index contributed by atoms with van der Waals surface area (Å²) in [7, 11) is 0. The van der Waals surface area contributed by atoms with E-state index in [1.54, 1.807) is 0 Å². The Hall–Kier alpha value is -0.660. The molecule has 0 aliphatic rings. The lowest BCUT2D eigenvalue weighted by Crippen LogP contribution is -1.84. The third-order valence-corrected chi connectivity index (χ3v) is 7.60. The van der Waals surface area contributed by atoms with Gasteiger partial charge in [0.2, 0.25) is 0 Å². The fourth-order valence-electron chi connectivity index (χ4n) is 5.07. The van der Waals surface area contributed by atoms with Crippen molar-refractivity contribution >= 4 is 12.4 Å². The normalized spacial score (nSPS) is 11.9. The number of rotatable bonds is 31. The molecule has 0 radical (unpaired) electrons. The first-order valence-corrected chi connectivity index (χ1v) is 16.9. The van der Waals surface area contributed by atoms with E-state index in [1.807, 2.05) is 12.4 Å². The average molecular weight is 505 g/mol. The third kappa shape index (κ3) is 33.3. The van der Waals surface area contributed by atoms with Crippen molar-refractivity contribution < 1.29 is 0 Å². The fourth-order valence-corrected chi connectivity index (χ4v) is 5.07. The van der Waals surface area contributed by atoms with E-state index in [0.29, 0.717) is 0 Å².